The monoisotopic (exact) mass is 240 g/mol. The number of benzene rings is 1. The molecule has 0 fully saturated rings. The molecule has 0 aliphatic heterocycles. The summed E-state index contributed by atoms with van der Waals surface area (Å²) in [4.78, 5) is 2.07. The molecule has 0 bridgehead atoms. The minimum absolute atomic E-state index is 0.0815. The number of rotatable bonds is 7. The molecule has 0 heterocycles. The number of halogens is 1. The van der Waals surface area contributed by atoms with E-state index >= 15 is 0 Å². The van der Waals surface area contributed by atoms with E-state index < -0.39 is 0 Å². The van der Waals surface area contributed by atoms with Crippen LogP contribution in [0.2, 0.25) is 0 Å². The standard InChI is InChI=1S/C13H21FN2O/c1-16(8-7-12(9-15)17-2)10-11-5-3-4-6-13(11)14/h3-6,12H,7-10,15H2,1-2H3. The van der Waals surface area contributed by atoms with Gasteiger partial charge in [-0.2, -0.15) is 0 Å². The van der Waals surface area contributed by atoms with Gasteiger partial charge in [0.2, 0.25) is 0 Å². The van der Waals surface area contributed by atoms with Crippen molar-refractivity contribution in [2.24, 2.45) is 5.73 Å². The molecule has 4 heteroatoms. The van der Waals surface area contributed by atoms with Gasteiger partial charge in [0.1, 0.15) is 5.82 Å². The van der Waals surface area contributed by atoms with Gasteiger partial charge < -0.3 is 15.4 Å². The van der Waals surface area contributed by atoms with Crippen LogP contribution in [0.15, 0.2) is 24.3 Å². The highest BCUT2D eigenvalue weighted by Gasteiger charge is 2.08. The van der Waals surface area contributed by atoms with E-state index in [1.807, 2.05) is 19.2 Å². The van der Waals surface area contributed by atoms with Crippen molar-refractivity contribution in [3.63, 3.8) is 0 Å². The van der Waals surface area contributed by atoms with Gasteiger partial charge in [-0.15, -0.1) is 0 Å². The predicted octanol–water partition coefficient (Wildman–Crippen LogP) is 1.62. The minimum Gasteiger partial charge on any atom is -0.380 e. The van der Waals surface area contributed by atoms with E-state index in [2.05, 4.69) is 4.90 Å². The van der Waals surface area contributed by atoms with Crippen molar-refractivity contribution in [2.75, 3.05) is 27.2 Å². The van der Waals surface area contributed by atoms with Crippen LogP contribution in [0.1, 0.15) is 12.0 Å². The maximum atomic E-state index is 13.4. The highest BCUT2D eigenvalue weighted by molar-refractivity contribution is 5.16. The van der Waals surface area contributed by atoms with Gasteiger partial charge in [-0.25, -0.2) is 4.39 Å². The molecule has 0 saturated heterocycles. The van der Waals surface area contributed by atoms with E-state index in [0.29, 0.717) is 13.1 Å². The van der Waals surface area contributed by atoms with Gasteiger partial charge in [0, 0.05) is 32.3 Å². The number of hydrogen-bond acceptors (Lipinski definition) is 3. The highest BCUT2D eigenvalue weighted by Crippen LogP contribution is 2.09. The van der Waals surface area contributed by atoms with E-state index in [9.17, 15) is 4.39 Å². The molecule has 0 aromatic heterocycles. The van der Waals surface area contributed by atoms with Crippen LogP contribution in [0.4, 0.5) is 4.39 Å². The van der Waals surface area contributed by atoms with Crippen LogP contribution in [-0.4, -0.2) is 38.3 Å². The van der Waals surface area contributed by atoms with E-state index in [0.717, 1.165) is 18.5 Å². The Labute approximate surface area is 102 Å². The van der Waals surface area contributed by atoms with Crippen LogP contribution in [0, 0.1) is 5.82 Å². The third-order valence-corrected chi connectivity index (χ3v) is 2.83. The van der Waals surface area contributed by atoms with Crippen molar-refractivity contribution < 1.29 is 9.13 Å². The zero-order chi connectivity index (χ0) is 12.7. The lowest BCUT2D eigenvalue weighted by Gasteiger charge is -2.20. The van der Waals surface area contributed by atoms with E-state index in [4.69, 9.17) is 10.5 Å². The quantitative estimate of drug-likeness (QED) is 0.787. The fraction of sp³-hybridized carbons (Fsp3) is 0.538. The molecule has 1 rings (SSSR count). The van der Waals surface area contributed by atoms with Crippen LogP contribution in [-0.2, 0) is 11.3 Å². The lowest BCUT2D eigenvalue weighted by Crippen LogP contribution is -2.28. The van der Waals surface area contributed by atoms with E-state index in [1.165, 1.54) is 6.07 Å². The fourth-order valence-corrected chi connectivity index (χ4v) is 1.69. The van der Waals surface area contributed by atoms with Crippen LogP contribution < -0.4 is 5.73 Å². The van der Waals surface area contributed by atoms with Gasteiger partial charge in [0.15, 0.2) is 0 Å². The van der Waals surface area contributed by atoms with E-state index in [-0.39, 0.29) is 11.9 Å². The Balaban J connectivity index is 2.39. The normalized spacial score (nSPS) is 13.0. The predicted molar refractivity (Wildman–Crippen MR) is 67.2 cm³/mol. The van der Waals surface area contributed by atoms with Crippen molar-refractivity contribution in [3.05, 3.63) is 35.6 Å². The molecule has 0 radical (unpaired) electrons. The SMILES string of the molecule is COC(CN)CCN(C)Cc1ccccc1F. The molecule has 96 valence electrons. The summed E-state index contributed by atoms with van der Waals surface area (Å²) in [5, 5.41) is 0. The molecule has 0 aliphatic carbocycles. The first-order chi connectivity index (χ1) is 8.17. The molecular formula is C13H21FN2O. The summed E-state index contributed by atoms with van der Waals surface area (Å²) in [6.45, 7) is 1.96. The Morgan fingerprint density at radius 2 is 2.12 bits per heavy atom. The average Bonchev–Trinajstić information content (AvgIpc) is 2.33. The molecule has 1 unspecified atom stereocenters. The summed E-state index contributed by atoms with van der Waals surface area (Å²) in [6, 6.07) is 6.85. The molecule has 1 aromatic carbocycles. The first-order valence-electron chi connectivity index (χ1n) is 5.82. The molecule has 0 amide bonds. The third kappa shape index (κ3) is 4.81. The first-order valence-corrected chi connectivity index (χ1v) is 5.82. The highest BCUT2D eigenvalue weighted by atomic mass is 19.1. The van der Waals surface area contributed by atoms with Gasteiger partial charge in [-0.1, -0.05) is 18.2 Å². The first kappa shape index (κ1) is 14.1. The number of ether oxygens (including phenoxy) is 1. The summed E-state index contributed by atoms with van der Waals surface area (Å²) < 4.78 is 18.6. The largest absolute Gasteiger partial charge is 0.380 e. The zero-order valence-corrected chi connectivity index (χ0v) is 10.5. The molecule has 3 nitrogen and oxygen atoms in total. The number of nitrogens with zero attached hydrogens (tertiary/aromatic N) is 1. The average molecular weight is 240 g/mol. The van der Waals surface area contributed by atoms with Crippen molar-refractivity contribution in [1.82, 2.24) is 4.90 Å². The summed E-state index contributed by atoms with van der Waals surface area (Å²) in [5.41, 5.74) is 6.26. The zero-order valence-electron chi connectivity index (χ0n) is 10.5. The number of nitrogens with two attached hydrogens (primary N) is 1. The molecular weight excluding hydrogens is 219 g/mol. The lowest BCUT2D eigenvalue weighted by atomic mass is 10.2. The topological polar surface area (TPSA) is 38.5 Å². The Hall–Kier alpha value is -0.970. The summed E-state index contributed by atoms with van der Waals surface area (Å²) >= 11 is 0. The Bertz CT molecular complexity index is 329. The minimum atomic E-state index is -0.151. The second kappa shape index (κ2) is 7.37. The Kier molecular flexibility index (Phi) is 6.11. The number of methoxy groups -OCH3 is 1. The van der Waals surface area contributed by atoms with Crippen molar-refractivity contribution in [3.8, 4) is 0 Å². The van der Waals surface area contributed by atoms with Crippen LogP contribution in [0.5, 0.6) is 0 Å². The van der Waals surface area contributed by atoms with Gasteiger partial charge in [0.25, 0.3) is 0 Å². The van der Waals surface area contributed by atoms with Gasteiger partial charge in [-0.3, -0.25) is 0 Å². The molecule has 0 spiro atoms. The molecule has 1 aromatic rings. The molecule has 0 aliphatic rings. The molecule has 17 heavy (non-hydrogen) atoms. The van der Waals surface area contributed by atoms with Crippen LogP contribution in [0.3, 0.4) is 0 Å². The van der Waals surface area contributed by atoms with Crippen molar-refractivity contribution in [2.45, 2.75) is 19.1 Å². The van der Waals surface area contributed by atoms with Crippen molar-refractivity contribution in [1.29, 1.82) is 0 Å². The van der Waals surface area contributed by atoms with Gasteiger partial charge in [-0.05, 0) is 19.5 Å². The maximum absolute atomic E-state index is 13.4. The molecule has 2 N–H and O–H groups in total. The second-order valence-corrected chi connectivity index (χ2v) is 4.21. The lowest BCUT2D eigenvalue weighted by molar-refractivity contribution is 0.0918. The third-order valence-electron chi connectivity index (χ3n) is 2.83. The van der Waals surface area contributed by atoms with E-state index in [1.54, 1.807) is 13.2 Å². The Morgan fingerprint density at radius 3 is 2.71 bits per heavy atom. The fourth-order valence-electron chi connectivity index (χ4n) is 1.69. The second-order valence-electron chi connectivity index (χ2n) is 4.21. The molecule has 1 atom stereocenters. The van der Waals surface area contributed by atoms with Gasteiger partial charge >= 0.3 is 0 Å². The Morgan fingerprint density at radius 1 is 1.41 bits per heavy atom. The summed E-state index contributed by atoms with van der Waals surface area (Å²) in [6.07, 6.45) is 0.941. The number of hydrogen-bond donors (Lipinski definition) is 1. The van der Waals surface area contributed by atoms with Gasteiger partial charge in [0.05, 0.1) is 6.10 Å². The maximum Gasteiger partial charge on any atom is 0.127 e. The summed E-state index contributed by atoms with van der Waals surface area (Å²) in [5.74, 6) is -0.151. The molecule has 0 saturated carbocycles. The van der Waals surface area contributed by atoms with Crippen LogP contribution in [0.25, 0.3) is 0 Å². The van der Waals surface area contributed by atoms with Crippen molar-refractivity contribution >= 4 is 0 Å². The van der Waals surface area contributed by atoms with Crippen LogP contribution >= 0.6 is 0 Å². The summed E-state index contributed by atoms with van der Waals surface area (Å²) in [7, 11) is 3.63. The smallest absolute Gasteiger partial charge is 0.127 e.